The molecular weight excluding hydrogens is 306 g/mol. The van der Waals surface area contributed by atoms with Crippen LogP contribution in [0.15, 0.2) is 0 Å². The van der Waals surface area contributed by atoms with E-state index < -0.39 is 5.60 Å². The number of nitrogens with zero attached hydrogens (tertiary/aromatic N) is 1. The quantitative estimate of drug-likeness (QED) is 0.806. The number of carbonyl (C=O) groups excluding carboxylic acids is 2. The van der Waals surface area contributed by atoms with Gasteiger partial charge in [0.1, 0.15) is 5.60 Å². The molecule has 0 aromatic heterocycles. The Kier molecular flexibility index (Phi) is 6.12. The van der Waals surface area contributed by atoms with E-state index in [2.05, 4.69) is 17.6 Å². The second-order valence-corrected chi connectivity index (χ2v) is 8.29. The maximum atomic E-state index is 12.3. The second kappa shape index (κ2) is 7.72. The number of hydrogen-bond donors (Lipinski definition) is 2. The lowest BCUT2D eigenvalue weighted by Gasteiger charge is -2.37. The molecule has 2 aliphatic rings. The highest BCUT2D eigenvalue weighted by Crippen LogP contribution is 2.22. The van der Waals surface area contributed by atoms with E-state index in [1.807, 2.05) is 27.7 Å². The monoisotopic (exact) mass is 339 g/mol. The van der Waals surface area contributed by atoms with Crippen LogP contribution in [0.25, 0.3) is 0 Å². The average Bonchev–Trinajstić information content (AvgIpc) is 3.29. The summed E-state index contributed by atoms with van der Waals surface area (Å²) < 4.78 is 5.48. The summed E-state index contributed by atoms with van der Waals surface area (Å²) in [7, 11) is 0. The van der Waals surface area contributed by atoms with Crippen molar-refractivity contribution >= 4 is 12.0 Å². The van der Waals surface area contributed by atoms with Crippen molar-refractivity contribution in [1.29, 1.82) is 0 Å². The molecule has 6 nitrogen and oxygen atoms in total. The van der Waals surface area contributed by atoms with E-state index in [0.717, 1.165) is 32.2 Å². The van der Waals surface area contributed by atoms with Crippen molar-refractivity contribution in [2.45, 2.75) is 84.0 Å². The molecule has 6 heteroatoms. The Morgan fingerprint density at radius 1 is 1.17 bits per heavy atom. The van der Waals surface area contributed by atoms with E-state index in [0.29, 0.717) is 18.5 Å². The van der Waals surface area contributed by atoms with Crippen molar-refractivity contribution in [2.24, 2.45) is 5.92 Å². The first-order valence-corrected chi connectivity index (χ1v) is 9.20. The summed E-state index contributed by atoms with van der Waals surface area (Å²) in [5, 5.41) is 6.43. The summed E-state index contributed by atoms with van der Waals surface area (Å²) in [5.41, 5.74) is -0.469. The summed E-state index contributed by atoms with van der Waals surface area (Å²) >= 11 is 0. The number of rotatable bonds is 5. The van der Waals surface area contributed by atoms with Gasteiger partial charge in [-0.2, -0.15) is 0 Å². The third-order valence-electron chi connectivity index (χ3n) is 4.65. The molecule has 2 rings (SSSR count). The number of nitrogens with one attached hydrogen (secondary N) is 2. The van der Waals surface area contributed by atoms with Crippen LogP contribution in [0.4, 0.5) is 4.79 Å². The molecule has 0 aromatic carbocycles. The lowest BCUT2D eigenvalue weighted by molar-refractivity contribution is -0.123. The molecule has 1 saturated carbocycles. The standard InChI is InChI=1S/C18H33N3O3/c1-12(19-13(2)16(22)20-15-8-9-15)14-7-6-10-21(11-14)17(23)24-18(3,4)5/h12-15,19H,6-11H2,1-5H3,(H,20,22). The Hall–Kier alpha value is -1.30. The Morgan fingerprint density at radius 2 is 1.83 bits per heavy atom. The fourth-order valence-electron chi connectivity index (χ4n) is 3.07. The van der Waals surface area contributed by atoms with Crippen LogP contribution < -0.4 is 10.6 Å². The van der Waals surface area contributed by atoms with Crippen molar-refractivity contribution in [2.75, 3.05) is 13.1 Å². The Morgan fingerprint density at radius 3 is 2.42 bits per heavy atom. The third-order valence-corrected chi connectivity index (χ3v) is 4.65. The van der Waals surface area contributed by atoms with Crippen molar-refractivity contribution in [1.82, 2.24) is 15.5 Å². The SMILES string of the molecule is CC(NC(C)C1CCCN(C(=O)OC(C)(C)C)C1)C(=O)NC1CC1. The van der Waals surface area contributed by atoms with Gasteiger partial charge in [-0.1, -0.05) is 0 Å². The largest absolute Gasteiger partial charge is 0.444 e. The first-order chi connectivity index (χ1) is 11.2. The van der Waals surface area contributed by atoms with Crippen LogP contribution in [0.3, 0.4) is 0 Å². The summed E-state index contributed by atoms with van der Waals surface area (Å²) in [6, 6.07) is 0.349. The Balaban J connectivity index is 1.81. The van der Waals surface area contributed by atoms with E-state index in [-0.39, 0.29) is 24.1 Å². The molecule has 0 spiro atoms. The minimum Gasteiger partial charge on any atom is -0.444 e. The van der Waals surface area contributed by atoms with Crippen LogP contribution in [0, 0.1) is 5.92 Å². The molecule has 1 aliphatic heterocycles. The smallest absolute Gasteiger partial charge is 0.410 e. The highest BCUT2D eigenvalue weighted by Gasteiger charge is 2.32. The number of amides is 2. The fourth-order valence-corrected chi connectivity index (χ4v) is 3.07. The number of hydrogen-bond acceptors (Lipinski definition) is 4. The molecule has 3 unspecified atom stereocenters. The normalized spacial score (nSPS) is 24.2. The second-order valence-electron chi connectivity index (χ2n) is 8.29. The molecule has 0 aromatic rings. The number of likely N-dealkylation sites (tertiary alicyclic amines) is 1. The average molecular weight is 339 g/mol. The van der Waals surface area contributed by atoms with Crippen molar-refractivity contribution in [3.63, 3.8) is 0 Å². The van der Waals surface area contributed by atoms with Gasteiger partial charge in [0.15, 0.2) is 0 Å². The van der Waals surface area contributed by atoms with Crippen LogP contribution >= 0.6 is 0 Å². The van der Waals surface area contributed by atoms with Crippen molar-refractivity contribution in [3.8, 4) is 0 Å². The van der Waals surface area contributed by atoms with Gasteiger partial charge in [0.25, 0.3) is 0 Å². The third kappa shape index (κ3) is 5.96. The van der Waals surface area contributed by atoms with Crippen LogP contribution in [-0.2, 0) is 9.53 Å². The lowest BCUT2D eigenvalue weighted by Crippen LogP contribution is -2.52. The predicted octanol–water partition coefficient (Wildman–Crippen LogP) is 2.28. The molecule has 138 valence electrons. The summed E-state index contributed by atoms with van der Waals surface area (Å²) in [5.74, 6) is 0.409. The van der Waals surface area contributed by atoms with Gasteiger partial charge >= 0.3 is 6.09 Å². The van der Waals surface area contributed by atoms with Crippen LogP contribution in [-0.4, -0.2) is 53.7 Å². The molecule has 0 bridgehead atoms. The molecule has 2 fully saturated rings. The van der Waals surface area contributed by atoms with Crippen LogP contribution in [0.1, 0.15) is 60.3 Å². The maximum Gasteiger partial charge on any atom is 0.410 e. The van der Waals surface area contributed by atoms with Crippen LogP contribution in [0.2, 0.25) is 0 Å². The number of piperidine rings is 1. The molecule has 1 aliphatic carbocycles. The summed E-state index contributed by atoms with van der Waals surface area (Å²) in [6.07, 6.45) is 3.99. The molecule has 3 atom stereocenters. The predicted molar refractivity (Wildman–Crippen MR) is 93.8 cm³/mol. The summed E-state index contributed by atoms with van der Waals surface area (Å²) in [4.78, 5) is 26.1. The molecule has 1 heterocycles. The van der Waals surface area contributed by atoms with E-state index in [1.165, 1.54) is 0 Å². The van der Waals surface area contributed by atoms with Crippen molar-refractivity contribution in [3.05, 3.63) is 0 Å². The minimum absolute atomic E-state index is 0.0733. The van der Waals surface area contributed by atoms with Gasteiger partial charge in [0.2, 0.25) is 5.91 Å². The van der Waals surface area contributed by atoms with Gasteiger partial charge in [0, 0.05) is 25.2 Å². The fraction of sp³-hybridized carbons (Fsp3) is 0.889. The highest BCUT2D eigenvalue weighted by molar-refractivity contribution is 5.81. The topological polar surface area (TPSA) is 70.7 Å². The Bertz CT molecular complexity index is 457. The molecular formula is C18H33N3O3. The van der Waals surface area contributed by atoms with Gasteiger partial charge < -0.3 is 20.3 Å². The zero-order chi connectivity index (χ0) is 17.9. The molecule has 24 heavy (non-hydrogen) atoms. The van der Waals surface area contributed by atoms with Gasteiger partial charge in [-0.25, -0.2) is 4.79 Å². The number of carbonyl (C=O) groups is 2. The highest BCUT2D eigenvalue weighted by atomic mass is 16.6. The number of ether oxygens (including phenoxy) is 1. The van der Waals surface area contributed by atoms with E-state index in [1.54, 1.807) is 4.90 Å². The zero-order valence-corrected chi connectivity index (χ0v) is 15.7. The van der Waals surface area contributed by atoms with Gasteiger partial charge in [-0.15, -0.1) is 0 Å². The van der Waals surface area contributed by atoms with Gasteiger partial charge in [0.05, 0.1) is 6.04 Å². The molecule has 2 amide bonds. The first kappa shape index (κ1) is 19.0. The van der Waals surface area contributed by atoms with Gasteiger partial charge in [-0.05, 0) is 66.2 Å². The minimum atomic E-state index is -0.469. The zero-order valence-electron chi connectivity index (χ0n) is 15.7. The first-order valence-electron chi connectivity index (χ1n) is 9.20. The van der Waals surface area contributed by atoms with E-state index >= 15 is 0 Å². The molecule has 2 N–H and O–H groups in total. The lowest BCUT2D eigenvalue weighted by atomic mass is 9.91. The van der Waals surface area contributed by atoms with Crippen molar-refractivity contribution < 1.29 is 14.3 Å². The van der Waals surface area contributed by atoms with Gasteiger partial charge in [-0.3, -0.25) is 4.79 Å². The van der Waals surface area contributed by atoms with E-state index in [4.69, 9.17) is 4.74 Å². The maximum absolute atomic E-state index is 12.3. The Labute approximate surface area is 145 Å². The summed E-state index contributed by atoms with van der Waals surface area (Å²) in [6.45, 7) is 11.1. The van der Waals surface area contributed by atoms with Crippen LogP contribution in [0.5, 0.6) is 0 Å². The molecule has 0 radical (unpaired) electrons. The van der Waals surface area contributed by atoms with E-state index in [9.17, 15) is 9.59 Å². The molecule has 1 saturated heterocycles.